The number of hydrogen-bond acceptors (Lipinski definition) is 5. The van der Waals surface area contributed by atoms with E-state index in [4.69, 9.17) is 0 Å². The van der Waals surface area contributed by atoms with Crippen molar-refractivity contribution in [3.8, 4) is 0 Å². The van der Waals surface area contributed by atoms with E-state index < -0.39 is 15.9 Å². The summed E-state index contributed by atoms with van der Waals surface area (Å²) in [5, 5.41) is 0. The van der Waals surface area contributed by atoms with Crippen molar-refractivity contribution in [2.45, 2.75) is 37.0 Å². The number of carbonyl (C=O) groups excluding carboxylic acids is 2. The summed E-state index contributed by atoms with van der Waals surface area (Å²) in [5.74, 6) is -0.926. The Bertz CT molecular complexity index is 1000. The predicted molar refractivity (Wildman–Crippen MR) is 106 cm³/mol. The number of amides is 2. The van der Waals surface area contributed by atoms with E-state index in [1.165, 1.54) is 50.3 Å². The molecule has 2 heterocycles. The van der Waals surface area contributed by atoms with Crippen molar-refractivity contribution in [1.29, 1.82) is 0 Å². The third-order valence-corrected chi connectivity index (χ3v) is 8.19. The van der Waals surface area contributed by atoms with Crippen LogP contribution in [0.4, 0.5) is 0 Å². The third kappa shape index (κ3) is 3.69. The number of thiophene rings is 1. The van der Waals surface area contributed by atoms with Crippen LogP contribution in [0.15, 0.2) is 35.2 Å². The molecule has 0 saturated carbocycles. The second-order valence-corrected chi connectivity index (χ2v) is 10.0. The second kappa shape index (κ2) is 7.65. The predicted octanol–water partition coefficient (Wildman–Crippen LogP) is 2.10. The van der Waals surface area contributed by atoms with Gasteiger partial charge >= 0.3 is 0 Å². The first-order valence-electron chi connectivity index (χ1n) is 9.27. The van der Waals surface area contributed by atoms with Crippen LogP contribution in [0, 0.1) is 0 Å². The summed E-state index contributed by atoms with van der Waals surface area (Å²) < 4.78 is 26.7. The first-order chi connectivity index (χ1) is 13.4. The van der Waals surface area contributed by atoms with Crippen LogP contribution >= 0.6 is 11.3 Å². The number of benzene rings is 1. The lowest BCUT2D eigenvalue weighted by Gasteiger charge is -2.16. The van der Waals surface area contributed by atoms with Gasteiger partial charge in [-0.1, -0.05) is 6.07 Å². The summed E-state index contributed by atoms with van der Waals surface area (Å²) in [6.07, 6.45) is 4.80. The molecule has 1 aromatic carbocycles. The summed E-state index contributed by atoms with van der Waals surface area (Å²) >= 11 is 1.45. The fourth-order valence-corrected chi connectivity index (χ4v) is 6.28. The number of rotatable bonds is 4. The van der Waals surface area contributed by atoms with Crippen LogP contribution in [0.1, 0.15) is 49.7 Å². The number of hydrogen-bond donors (Lipinski definition) is 2. The molecule has 0 atom stereocenters. The van der Waals surface area contributed by atoms with E-state index in [-0.39, 0.29) is 16.4 Å². The Morgan fingerprint density at radius 3 is 2.46 bits per heavy atom. The highest BCUT2D eigenvalue weighted by Gasteiger charge is 2.27. The molecule has 28 heavy (non-hydrogen) atoms. The molecule has 2 amide bonds. The van der Waals surface area contributed by atoms with Gasteiger partial charge in [0.25, 0.3) is 11.8 Å². The molecule has 1 aromatic heterocycles. The maximum atomic E-state index is 12.7. The first kappa shape index (κ1) is 19.1. The third-order valence-electron chi connectivity index (χ3n) is 5.06. The molecule has 7 nitrogen and oxygen atoms in total. The minimum absolute atomic E-state index is 0.0862. The largest absolute Gasteiger partial charge is 0.279 e. The molecule has 0 radical (unpaired) electrons. The van der Waals surface area contributed by atoms with Crippen molar-refractivity contribution < 1.29 is 18.0 Å². The van der Waals surface area contributed by atoms with Gasteiger partial charge in [0.15, 0.2) is 0 Å². The molecule has 0 unspecified atom stereocenters. The highest BCUT2D eigenvalue weighted by atomic mass is 32.2. The van der Waals surface area contributed by atoms with Gasteiger partial charge in [-0.2, -0.15) is 4.31 Å². The van der Waals surface area contributed by atoms with E-state index in [0.29, 0.717) is 18.0 Å². The van der Waals surface area contributed by atoms with Crippen molar-refractivity contribution in [1.82, 2.24) is 15.2 Å². The zero-order valence-corrected chi connectivity index (χ0v) is 16.9. The van der Waals surface area contributed by atoms with Crippen LogP contribution < -0.4 is 10.9 Å². The van der Waals surface area contributed by atoms with Gasteiger partial charge in [-0.15, -0.1) is 11.3 Å². The molecular weight excluding hydrogens is 398 g/mol. The molecular formula is C19H21N3O4S2. The molecule has 2 aliphatic rings. The van der Waals surface area contributed by atoms with Crippen molar-refractivity contribution in [3.63, 3.8) is 0 Å². The molecule has 0 bridgehead atoms. The maximum absolute atomic E-state index is 12.7. The van der Waals surface area contributed by atoms with Gasteiger partial charge in [0.2, 0.25) is 10.0 Å². The van der Waals surface area contributed by atoms with Gasteiger partial charge in [0.05, 0.1) is 9.77 Å². The maximum Gasteiger partial charge on any atom is 0.279 e. The molecule has 1 saturated heterocycles. The monoisotopic (exact) mass is 419 g/mol. The molecule has 148 valence electrons. The van der Waals surface area contributed by atoms with Crippen LogP contribution in [-0.2, 0) is 22.9 Å². The standard InChI is InChI=1S/C19H21N3O4S2/c23-18(20-21-19(24)17-12-13-5-4-8-16(13)27-17)14-6-3-7-15(11-14)28(25,26)22-9-1-2-10-22/h3,6-7,11-12H,1-2,4-5,8-10H2,(H,20,23)(H,21,24). The molecule has 1 aliphatic carbocycles. The number of sulfonamides is 1. The van der Waals surface area contributed by atoms with Gasteiger partial charge in [0.1, 0.15) is 0 Å². The summed E-state index contributed by atoms with van der Waals surface area (Å²) in [6, 6.07) is 7.75. The van der Waals surface area contributed by atoms with Gasteiger partial charge in [-0.05, 0) is 61.9 Å². The van der Waals surface area contributed by atoms with Gasteiger partial charge in [0, 0.05) is 23.5 Å². The lowest BCUT2D eigenvalue weighted by atomic mass is 10.2. The Morgan fingerprint density at radius 1 is 0.964 bits per heavy atom. The zero-order valence-electron chi connectivity index (χ0n) is 15.2. The number of carbonyl (C=O) groups is 2. The fraction of sp³-hybridized carbons (Fsp3) is 0.368. The van der Waals surface area contributed by atoms with Crippen LogP contribution in [0.5, 0.6) is 0 Å². The molecule has 1 fully saturated rings. The Labute approximate surface area is 167 Å². The SMILES string of the molecule is O=C(NNC(=O)c1cc2c(s1)CCC2)c1cccc(S(=O)(=O)N2CCCC2)c1. The number of nitrogens with one attached hydrogen (secondary N) is 2. The summed E-state index contributed by atoms with van der Waals surface area (Å²) in [6.45, 7) is 0.999. The lowest BCUT2D eigenvalue weighted by molar-refractivity contribution is 0.0848. The first-order valence-corrected chi connectivity index (χ1v) is 11.5. The average Bonchev–Trinajstić information content (AvgIpc) is 3.43. The summed E-state index contributed by atoms with van der Waals surface area (Å²) in [5.41, 5.74) is 6.17. The Hall–Kier alpha value is -2.23. The van der Waals surface area contributed by atoms with Crippen molar-refractivity contribution in [2.75, 3.05) is 13.1 Å². The second-order valence-electron chi connectivity index (χ2n) is 6.96. The van der Waals surface area contributed by atoms with E-state index in [1.54, 1.807) is 0 Å². The van der Waals surface area contributed by atoms with E-state index in [2.05, 4.69) is 10.9 Å². The van der Waals surface area contributed by atoms with Gasteiger partial charge < -0.3 is 0 Å². The minimum atomic E-state index is -3.60. The molecule has 1 aliphatic heterocycles. The molecule has 9 heteroatoms. The Balaban J connectivity index is 1.42. The molecule has 2 aromatic rings. The van der Waals surface area contributed by atoms with E-state index in [1.807, 2.05) is 6.07 Å². The zero-order chi connectivity index (χ0) is 19.7. The summed E-state index contributed by atoms with van der Waals surface area (Å²) in [4.78, 5) is 26.5. The number of hydrazine groups is 1. The highest BCUT2D eigenvalue weighted by Crippen LogP contribution is 2.30. The number of fused-ring (bicyclic) bond motifs is 1. The quantitative estimate of drug-likeness (QED) is 0.742. The highest BCUT2D eigenvalue weighted by molar-refractivity contribution is 7.89. The average molecular weight is 420 g/mol. The van der Waals surface area contributed by atoms with Crippen molar-refractivity contribution in [3.05, 3.63) is 51.2 Å². The number of aryl methyl sites for hydroxylation is 2. The van der Waals surface area contributed by atoms with Crippen LogP contribution in [-0.4, -0.2) is 37.6 Å². The fourth-order valence-electron chi connectivity index (χ4n) is 3.56. The normalized spacial score (nSPS) is 16.7. The molecule has 4 rings (SSSR count). The van der Waals surface area contributed by atoms with Gasteiger partial charge in [-0.25, -0.2) is 8.42 Å². The smallest absolute Gasteiger partial charge is 0.267 e. The molecule has 2 N–H and O–H groups in total. The lowest BCUT2D eigenvalue weighted by Crippen LogP contribution is -2.41. The number of nitrogens with zero attached hydrogens (tertiary/aromatic N) is 1. The minimum Gasteiger partial charge on any atom is -0.267 e. The van der Waals surface area contributed by atoms with Crippen LogP contribution in [0.25, 0.3) is 0 Å². The van der Waals surface area contributed by atoms with E-state index in [0.717, 1.165) is 32.1 Å². The van der Waals surface area contributed by atoms with Crippen molar-refractivity contribution >= 4 is 33.2 Å². The van der Waals surface area contributed by atoms with Crippen LogP contribution in [0.2, 0.25) is 0 Å². The van der Waals surface area contributed by atoms with Crippen LogP contribution in [0.3, 0.4) is 0 Å². The van der Waals surface area contributed by atoms with E-state index in [9.17, 15) is 18.0 Å². The Kier molecular flexibility index (Phi) is 5.22. The van der Waals surface area contributed by atoms with Gasteiger partial charge in [-0.3, -0.25) is 20.4 Å². The molecule has 0 spiro atoms. The topological polar surface area (TPSA) is 95.6 Å². The Morgan fingerprint density at radius 2 is 1.71 bits per heavy atom. The van der Waals surface area contributed by atoms with Crippen molar-refractivity contribution in [2.24, 2.45) is 0 Å². The summed E-state index contributed by atoms with van der Waals surface area (Å²) in [7, 11) is -3.60. The van der Waals surface area contributed by atoms with E-state index >= 15 is 0 Å².